The molecule has 0 spiro atoms. The SMILES string of the molecule is COC(=O)C(C)OCCOCCN(CCC(C)=O)/[N+]([O-])=N/O. The summed E-state index contributed by atoms with van der Waals surface area (Å²) in [5.41, 5.74) is 0. The van der Waals surface area contributed by atoms with E-state index in [-0.39, 0.29) is 50.1 Å². The molecule has 0 rings (SSSR count). The third-order valence-corrected chi connectivity index (χ3v) is 2.66. The van der Waals surface area contributed by atoms with E-state index in [1.54, 1.807) is 6.92 Å². The zero-order chi connectivity index (χ0) is 17.0. The Morgan fingerprint density at radius 2 is 2.00 bits per heavy atom. The molecule has 0 radical (unpaired) electrons. The molecule has 10 nitrogen and oxygen atoms in total. The van der Waals surface area contributed by atoms with Crippen LogP contribution in [0.5, 0.6) is 0 Å². The number of methoxy groups -OCH3 is 1. The standard InChI is InChI=1S/C12H23N3O7/c1-10(16)4-5-14(15(19)13-18)6-7-21-8-9-22-11(2)12(17)20-3/h11,18H,4-9H2,1-3H3/b15-13-. The van der Waals surface area contributed by atoms with E-state index in [0.717, 1.165) is 5.01 Å². The fraction of sp³-hybridized carbons (Fsp3) is 0.833. The smallest absolute Gasteiger partial charge is 0.334 e. The summed E-state index contributed by atoms with van der Waals surface area (Å²) in [7, 11) is 1.27. The number of hydrazine groups is 1. The van der Waals surface area contributed by atoms with Gasteiger partial charge in [0.05, 0.1) is 38.4 Å². The molecule has 10 heteroatoms. The molecule has 0 aromatic rings. The summed E-state index contributed by atoms with van der Waals surface area (Å²) in [5, 5.41) is 23.3. The van der Waals surface area contributed by atoms with E-state index in [4.69, 9.17) is 14.7 Å². The second kappa shape index (κ2) is 11.7. The Morgan fingerprint density at radius 1 is 1.32 bits per heavy atom. The lowest BCUT2D eigenvalue weighted by Crippen LogP contribution is -2.35. The molecule has 0 aromatic heterocycles. The van der Waals surface area contributed by atoms with Crippen LogP contribution in [0.25, 0.3) is 0 Å². The van der Waals surface area contributed by atoms with Crippen molar-refractivity contribution in [3.8, 4) is 0 Å². The third-order valence-electron chi connectivity index (χ3n) is 2.66. The average Bonchev–Trinajstić information content (AvgIpc) is 2.51. The number of hydrogen-bond acceptors (Lipinski definition) is 7. The largest absolute Gasteiger partial charge is 0.569 e. The van der Waals surface area contributed by atoms with E-state index in [1.165, 1.54) is 14.0 Å². The molecule has 0 saturated carbocycles. The number of ketones is 1. The van der Waals surface area contributed by atoms with Crippen LogP contribution in [0.4, 0.5) is 0 Å². The number of esters is 1. The van der Waals surface area contributed by atoms with Crippen LogP contribution in [-0.4, -0.2) is 73.1 Å². The van der Waals surface area contributed by atoms with Crippen LogP contribution >= 0.6 is 0 Å². The predicted octanol–water partition coefficient (Wildman–Crippen LogP) is 0.129. The minimum atomic E-state index is -0.675. The zero-order valence-corrected chi connectivity index (χ0v) is 13.1. The van der Waals surface area contributed by atoms with Gasteiger partial charge in [0, 0.05) is 6.42 Å². The van der Waals surface area contributed by atoms with Gasteiger partial charge >= 0.3 is 5.97 Å². The average molecular weight is 321 g/mol. The number of carbonyl (C=O) groups excluding carboxylic acids is 2. The molecule has 0 aliphatic heterocycles. The molecule has 0 aliphatic rings. The van der Waals surface area contributed by atoms with Crippen molar-refractivity contribution in [1.82, 2.24) is 5.01 Å². The van der Waals surface area contributed by atoms with Crippen molar-refractivity contribution < 1.29 is 34.0 Å². The quantitative estimate of drug-likeness (QED) is 0.177. The van der Waals surface area contributed by atoms with Crippen molar-refractivity contribution in [3.05, 3.63) is 5.21 Å². The first-order chi connectivity index (χ1) is 10.4. The van der Waals surface area contributed by atoms with Crippen molar-refractivity contribution in [3.63, 3.8) is 0 Å². The van der Waals surface area contributed by atoms with Crippen LogP contribution in [0, 0.1) is 5.21 Å². The summed E-state index contributed by atoms with van der Waals surface area (Å²) in [6.07, 6.45) is -0.514. The fourth-order valence-electron chi connectivity index (χ4n) is 1.42. The number of rotatable bonds is 12. The zero-order valence-electron chi connectivity index (χ0n) is 13.1. The van der Waals surface area contributed by atoms with Gasteiger partial charge < -0.3 is 24.6 Å². The van der Waals surface area contributed by atoms with Gasteiger partial charge in [-0.2, -0.15) is 0 Å². The van der Waals surface area contributed by atoms with Crippen molar-refractivity contribution in [2.24, 2.45) is 5.28 Å². The summed E-state index contributed by atoms with van der Waals surface area (Å²) in [6, 6.07) is 0. The summed E-state index contributed by atoms with van der Waals surface area (Å²) in [4.78, 5) is 22.0. The van der Waals surface area contributed by atoms with Gasteiger partial charge in [0.15, 0.2) is 6.10 Å². The lowest BCUT2D eigenvalue weighted by atomic mass is 10.3. The van der Waals surface area contributed by atoms with Gasteiger partial charge in [0.1, 0.15) is 12.3 Å². The first kappa shape index (κ1) is 20.1. The van der Waals surface area contributed by atoms with E-state index in [1.807, 2.05) is 0 Å². The van der Waals surface area contributed by atoms with Crippen LogP contribution < -0.4 is 0 Å². The molecule has 1 N–H and O–H groups in total. The van der Waals surface area contributed by atoms with E-state index in [0.29, 0.717) is 0 Å². The van der Waals surface area contributed by atoms with Gasteiger partial charge in [-0.1, -0.05) is 0 Å². The van der Waals surface area contributed by atoms with Crippen molar-refractivity contribution in [1.29, 1.82) is 0 Å². The lowest BCUT2D eigenvalue weighted by Gasteiger charge is -2.17. The van der Waals surface area contributed by atoms with E-state index in [2.05, 4.69) is 10.0 Å². The molecular formula is C12H23N3O7. The Morgan fingerprint density at radius 3 is 2.55 bits per heavy atom. The van der Waals surface area contributed by atoms with Crippen molar-refractivity contribution in [2.45, 2.75) is 26.4 Å². The Kier molecular flexibility index (Phi) is 10.7. The van der Waals surface area contributed by atoms with Crippen LogP contribution in [-0.2, 0) is 23.8 Å². The second-order valence-electron chi connectivity index (χ2n) is 4.40. The van der Waals surface area contributed by atoms with Crippen LogP contribution in [0.3, 0.4) is 0 Å². The van der Waals surface area contributed by atoms with Gasteiger partial charge in [-0.05, 0) is 13.8 Å². The van der Waals surface area contributed by atoms with Gasteiger partial charge in [0.2, 0.25) is 5.28 Å². The highest BCUT2D eigenvalue weighted by Crippen LogP contribution is 1.96. The molecule has 0 fully saturated rings. The minimum absolute atomic E-state index is 0.00211. The molecule has 1 unspecified atom stereocenters. The maximum absolute atomic E-state index is 11.2. The molecular weight excluding hydrogens is 298 g/mol. The lowest BCUT2D eigenvalue weighted by molar-refractivity contribution is -0.709. The topological polar surface area (TPSA) is 124 Å². The molecule has 0 aliphatic carbocycles. The third kappa shape index (κ3) is 9.08. The first-order valence-corrected chi connectivity index (χ1v) is 6.76. The minimum Gasteiger partial charge on any atom is -0.569 e. The number of carbonyl (C=O) groups is 2. The van der Waals surface area contributed by atoms with Crippen LogP contribution in [0.1, 0.15) is 20.3 Å². The monoisotopic (exact) mass is 321 g/mol. The summed E-state index contributed by atoms with van der Waals surface area (Å²) < 4.78 is 14.9. The van der Waals surface area contributed by atoms with Crippen LogP contribution in [0.2, 0.25) is 0 Å². The Hall–Kier alpha value is -1.94. The molecule has 0 heterocycles. The maximum atomic E-state index is 11.2. The van der Waals surface area contributed by atoms with Gasteiger partial charge in [-0.25, -0.2) is 4.79 Å². The molecule has 0 aromatic carbocycles. The number of Topliss-reactive ketones (excluding diaryl/α,β-unsaturated/α-hetero) is 1. The molecule has 0 saturated heterocycles. The van der Waals surface area contributed by atoms with Crippen molar-refractivity contribution in [2.75, 3.05) is 40.0 Å². The summed E-state index contributed by atoms with van der Waals surface area (Å²) >= 11 is 0. The second-order valence-corrected chi connectivity index (χ2v) is 4.40. The van der Waals surface area contributed by atoms with Gasteiger partial charge in [-0.15, -0.1) is 5.01 Å². The maximum Gasteiger partial charge on any atom is 0.334 e. The fourth-order valence-corrected chi connectivity index (χ4v) is 1.42. The molecule has 0 amide bonds. The number of hydrogen-bond donors (Lipinski definition) is 1. The normalized spacial score (nSPS) is 12.8. The summed E-state index contributed by atoms with van der Waals surface area (Å²) in [5.74, 6) is -0.551. The highest BCUT2D eigenvalue weighted by Gasteiger charge is 2.14. The molecule has 0 bridgehead atoms. The molecule has 1 atom stereocenters. The Bertz CT molecular complexity index is 376. The van der Waals surface area contributed by atoms with E-state index in [9.17, 15) is 14.8 Å². The summed E-state index contributed by atoms with van der Waals surface area (Å²) in [6.45, 7) is 3.82. The Labute approximate surface area is 128 Å². The van der Waals surface area contributed by atoms with Gasteiger partial charge in [-0.3, -0.25) is 4.79 Å². The van der Waals surface area contributed by atoms with Crippen molar-refractivity contribution >= 4 is 11.8 Å². The Balaban J connectivity index is 3.89. The van der Waals surface area contributed by atoms with E-state index >= 15 is 0 Å². The number of ether oxygens (including phenoxy) is 3. The van der Waals surface area contributed by atoms with E-state index < -0.39 is 12.1 Å². The molecule has 22 heavy (non-hydrogen) atoms. The first-order valence-electron chi connectivity index (χ1n) is 6.76. The highest BCUT2D eigenvalue weighted by molar-refractivity contribution is 5.75. The molecule has 128 valence electrons. The number of nitrogens with zero attached hydrogens (tertiary/aromatic N) is 3. The van der Waals surface area contributed by atoms with Gasteiger partial charge in [0.25, 0.3) is 0 Å². The predicted molar refractivity (Wildman–Crippen MR) is 73.0 cm³/mol. The van der Waals surface area contributed by atoms with Crippen LogP contribution in [0.15, 0.2) is 5.28 Å². The highest BCUT2D eigenvalue weighted by atomic mass is 16.6.